The first kappa shape index (κ1) is 19.5. The van der Waals surface area contributed by atoms with Crippen molar-refractivity contribution in [2.24, 2.45) is 0 Å². The van der Waals surface area contributed by atoms with Crippen LogP contribution in [0.4, 0.5) is 0 Å². The molecule has 1 heterocycles. The molecule has 23 heavy (non-hydrogen) atoms. The Morgan fingerprint density at radius 2 is 1.65 bits per heavy atom. The third kappa shape index (κ3) is 4.94. The van der Waals surface area contributed by atoms with Gasteiger partial charge in [0.15, 0.2) is 0 Å². The lowest BCUT2D eigenvalue weighted by Gasteiger charge is -2.21. The molecule has 0 saturated carbocycles. The number of nitrogens with one attached hydrogen (secondary N) is 1. The summed E-state index contributed by atoms with van der Waals surface area (Å²) in [7, 11) is 0. The number of carbonyl (C=O) groups is 2. The Balaban J connectivity index is 0.00000264. The molecule has 128 valence electrons. The van der Waals surface area contributed by atoms with Crippen LogP contribution >= 0.6 is 12.4 Å². The van der Waals surface area contributed by atoms with E-state index in [9.17, 15) is 9.59 Å². The van der Waals surface area contributed by atoms with Crippen molar-refractivity contribution in [1.82, 2.24) is 15.1 Å². The summed E-state index contributed by atoms with van der Waals surface area (Å²) in [6, 6.07) is 7.03. The molecule has 1 saturated heterocycles. The van der Waals surface area contributed by atoms with E-state index in [1.54, 1.807) is 29.2 Å². The van der Waals surface area contributed by atoms with E-state index in [1.807, 2.05) is 18.7 Å². The molecule has 1 aliphatic rings. The normalized spacial score (nSPS) is 14.6. The predicted molar refractivity (Wildman–Crippen MR) is 94.3 cm³/mol. The Bertz CT molecular complexity index is 507. The second-order valence-electron chi connectivity index (χ2n) is 5.45. The highest BCUT2D eigenvalue weighted by atomic mass is 35.5. The zero-order valence-electron chi connectivity index (χ0n) is 13.9. The molecule has 5 nitrogen and oxygen atoms in total. The molecule has 0 aromatic heterocycles. The number of carbonyl (C=O) groups excluding carboxylic acids is 2. The largest absolute Gasteiger partial charge is 0.339 e. The molecule has 1 N–H and O–H groups in total. The summed E-state index contributed by atoms with van der Waals surface area (Å²) in [6.07, 6.45) is 0.976. The minimum atomic E-state index is 0. The van der Waals surface area contributed by atoms with Crippen molar-refractivity contribution in [3.8, 4) is 0 Å². The lowest BCUT2D eigenvalue weighted by Crippen LogP contribution is -2.34. The van der Waals surface area contributed by atoms with Crippen LogP contribution in [0.5, 0.6) is 0 Å². The number of nitrogens with zero attached hydrogens (tertiary/aromatic N) is 2. The highest BCUT2D eigenvalue weighted by Crippen LogP contribution is 2.11. The SMILES string of the molecule is CCN(CC)C(=O)c1ccc(C(=O)N2CCCNCC2)cc1.Cl. The fraction of sp³-hybridized carbons (Fsp3) is 0.529. The summed E-state index contributed by atoms with van der Waals surface area (Å²) < 4.78 is 0. The summed E-state index contributed by atoms with van der Waals surface area (Å²) in [5.74, 6) is 0.0634. The summed E-state index contributed by atoms with van der Waals surface area (Å²) in [5, 5.41) is 3.29. The number of rotatable bonds is 4. The Hall–Kier alpha value is -1.59. The molecule has 2 amide bonds. The van der Waals surface area contributed by atoms with Crippen LogP contribution in [-0.4, -0.2) is 60.9 Å². The first-order chi connectivity index (χ1) is 10.7. The third-order valence-corrected chi connectivity index (χ3v) is 4.06. The summed E-state index contributed by atoms with van der Waals surface area (Å²) in [6.45, 7) is 8.63. The van der Waals surface area contributed by atoms with Crippen LogP contribution in [0.3, 0.4) is 0 Å². The van der Waals surface area contributed by atoms with Gasteiger partial charge < -0.3 is 15.1 Å². The van der Waals surface area contributed by atoms with Crippen LogP contribution in [0, 0.1) is 0 Å². The van der Waals surface area contributed by atoms with Gasteiger partial charge in [-0.3, -0.25) is 9.59 Å². The number of amides is 2. The number of halogens is 1. The van der Waals surface area contributed by atoms with E-state index in [-0.39, 0.29) is 24.2 Å². The first-order valence-electron chi connectivity index (χ1n) is 8.06. The third-order valence-electron chi connectivity index (χ3n) is 4.06. The van der Waals surface area contributed by atoms with Crippen molar-refractivity contribution >= 4 is 24.2 Å². The van der Waals surface area contributed by atoms with Crippen molar-refractivity contribution in [3.05, 3.63) is 35.4 Å². The minimum absolute atomic E-state index is 0. The fourth-order valence-corrected chi connectivity index (χ4v) is 2.68. The van der Waals surface area contributed by atoms with E-state index in [0.29, 0.717) is 24.2 Å². The van der Waals surface area contributed by atoms with E-state index in [2.05, 4.69) is 5.32 Å². The monoisotopic (exact) mass is 339 g/mol. The van der Waals surface area contributed by atoms with E-state index in [1.165, 1.54) is 0 Å². The Kier molecular flexibility index (Phi) is 8.06. The second-order valence-corrected chi connectivity index (χ2v) is 5.45. The van der Waals surface area contributed by atoms with Crippen molar-refractivity contribution in [2.75, 3.05) is 39.3 Å². The molecule has 1 aromatic carbocycles. The van der Waals surface area contributed by atoms with Crippen LogP contribution in [0.15, 0.2) is 24.3 Å². The number of hydrogen-bond donors (Lipinski definition) is 1. The topological polar surface area (TPSA) is 52.7 Å². The molecule has 1 fully saturated rings. The highest BCUT2D eigenvalue weighted by Gasteiger charge is 2.18. The lowest BCUT2D eigenvalue weighted by atomic mass is 10.1. The van der Waals surface area contributed by atoms with E-state index < -0.39 is 0 Å². The van der Waals surface area contributed by atoms with Gasteiger partial charge in [-0.05, 0) is 51.1 Å². The standard InChI is InChI=1S/C17H25N3O2.ClH/c1-3-19(4-2)16(21)14-6-8-15(9-7-14)17(22)20-12-5-10-18-11-13-20;/h6-9,18H,3-5,10-13H2,1-2H3;1H. The van der Waals surface area contributed by atoms with Crippen LogP contribution in [-0.2, 0) is 0 Å². The van der Waals surface area contributed by atoms with E-state index in [0.717, 1.165) is 32.6 Å². The Labute approximate surface area is 144 Å². The molecule has 0 spiro atoms. The van der Waals surface area contributed by atoms with Crippen LogP contribution in [0.25, 0.3) is 0 Å². The van der Waals surface area contributed by atoms with Gasteiger partial charge in [0.25, 0.3) is 11.8 Å². The van der Waals surface area contributed by atoms with Gasteiger partial charge in [-0.1, -0.05) is 0 Å². The minimum Gasteiger partial charge on any atom is -0.339 e. The Morgan fingerprint density at radius 3 is 2.26 bits per heavy atom. The fourth-order valence-electron chi connectivity index (χ4n) is 2.68. The average Bonchev–Trinajstić information content (AvgIpc) is 2.84. The quantitative estimate of drug-likeness (QED) is 0.913. The zero-order chi connectivity index (χ0) is 15.9. The summed E-state index contributed by atoms with van der Waals surface area (Å²) in [4.78, 5) is 28.4. The van der Waals surface area contributed by atoms with Gasteiger partial charge in [-0.25, -0.2) is 0 Å². The molecule has 0 unspecified atom stereocenters. The molecule has 1 aromatic rings. The molecule has 0 aliphatic carbocycles. The predicted octanol–water partition coefficient (Wildman–Crippen LogP) is 2.03. The van der Waals surface area contributed by atoms with Gasteiger partial charge in [0, 0.05) is 43.9 Å². The second kappa shape index (κ2) is 9.53. The van der Waals surface area contributed by atoms with E-state index in [4.69, 9.17) is 0 Å². The average molecular weight is 340 g/mol. The molecule has 2 rings (SSSR count). The van der Waals surface area contributed by atoms with Crippen LogP contribution in [0.2, 0.25) is 0 Å². The maximum absolute atomic E-state index is 12.5. The van der Waals surface area contributed by atoms with Gasteiger partial charge >= 0.3 is 0 Å². The van der Waals surface area contributed by atoms with Gasteiger partial charge in [0.2, 0.25) is 0 Å². The highest BCUT2D eigenvalue weighted by molar-refractivity contribution is 5.97. The molecule has 0 bridgehead atoms. The Morgan fingerprint density at radius 1 is 1.04 bits per heavy atom. The molecule has 0 atom stereocenters. The molecule has 0 radical (unpaired) electrons. The molecular weight excluding hydrogens is 314 g/mol. The number of benzene rings is 1. The van der Waals surface area contributed by atoms with Crippen molar-refractivity contribution in [3.63, 3.8) is 0 Å². The molecule has 1 aliphatic heterocycles. The van der Waals surface area contributed by atoms with E-state index >= 15 is 0 Å². The summed E-state index contributed by atoms with van der Waals surface area (Å²) in [5.41, 5.74) is 1.29. The number of hydrogen-bond acceptors (Lipinski definition) is 3. The van der Waals surface area contributed by atoms with Crippen molar-refractivity contribution in [1.29, 1.82) is 0 Å². The van der Waals surface area contributed by atoms with Crippen molar-refractivity contribution in [2.45, 2.75) is 20.3 Å². The van der Waals surface area contributed by atoms with Crippen LogP contribution in [0.1, 0.15) is 41.0 Å². The summed E-state index contributed by atoms with van der Waals surface area (Å²) >= 11 is 0. The molecule has 6 heteroatoms. The van der Waals surface area contributed by atoms with Gasteiger partial charge in [-0.15, -0.1) is 12.4 Å². The maximum atomic E-state index is 12.5. The first-order valence-corrected chi connectivity index (χ1v) is 8.06. The van der Waals surface area contributed by atoms with Gasteiger partial charge in [0.1, 0.15) is 0 Å². The lowest BCUT2D eigenvalue weighted by molar-refractivity contribution is 0.0757. The molecular formula is C17H26ClN3O2. The van der Waals surface area contributed by atoms with Gasteiger partial charge in [-0.2, -0.15) is 0 Å². The zero-order valence-corrected chi connectivity index (χ0v) is 14.7. The van der Waals surface area contributed by atoms with Crippen LogP contribution < -0.4 is 5.32 Å². The van der Waals surface area contributed by atoms with Crippen molar-refractivity contribution < 1.29 is 9.59 Å². The maximum Gasteiger partial charge on any atom is 0.253 e. The smallest absolute Gasteiger partial charge is 0.253 e. The van der Waals surface area contributed by atoms with Gasteiger partial charge in [0.05, 0.1) is 0 Å².